The molecule has 5 nitrogen and oxygen atoms in total. The minimum absolute atomic E-state index is 0.605. The number of aromatic nitrogens is 3. The highest BCUT2D eigenvalue weighted by atomic mass is 16.5. The highest BCUT2D eigenvalue weighted by molar-refractivity contribution is 5.73. The van der Waals surface area contributed by atoms with E-state index >= 15 is 0 Å². The van der Waals surface area contributed by atoms with Crippen LogP contribution in [0.4, 0.5) is 0 Å². The molecule has 0 N–H and O–H groups in total. The maximum Gasteiger partial charge on any atom is 0.164 e. The number of benzene rings is 5. The molecule has 0 amide bonds. The van der Waals surface area contributed by atoms with Gasteiger partial charge in [0.2, 0.25) is 0 Å². The number of ether oxygens (including phenoxy) is 1. The SMILES string of the molecule is C=N/C(=C\C=C/C)c1ccc(-c2ccc(Oc3ccc(-c4nc(-c5ccccc5)nc(-c5ccccc5)n4)cc3)cc2)cc1. The van der Waals surface area contributed by atoms with Gasteiger partial charge in [-0.25, -0.2) is 15.0 Å². The van der Waals surface area contributed by atoms with Crippen molar-refractivity contribution in [3.8, 4) is 56.8 Å². The van der Waals surface area contributed by atoms with Gasteiger partial charge >= 0.3 is 0 Å². The van der Waals surface area contributed by atoms with Crippen LogP contribution in [-0.2, 0) is 0 Å². The van der Waals surface area contributed by atoms with Gasteiger partial charge in [0, 0.05) is 22.3 Å². The lowest BCUT2D eigenvalue weighted by atomic mass is 10.0. The van der Waals surface area contributed by atoms with Crippen molar-refractivity contribution in [2.45, 2.75) is 6.92 Å². The first kappa shape index (κ1) is 28.2. The van der Waals surface area contributed by atoms with E-state index in [1.54, 1.807) is 0 Å². The molecule has 1 heterocycles. The van der Waals surface area contributed by atoms with Gasteiger partial charge in [0.15, 0.2) is 17.5 Å². The quantitative estimate of drug-likeness (QED) is 0.128. The van der Waals surface area contributed by atoms with Crippen molar-refractivity contribution in [1.82, 2.24) is 15.0 Å². The molecule has 0 aliphatic heterocycles. The van der Waals surface area contributed by atoms with Crippen LogP contribution in [0.25, 0.3) is 51.0 Å². The zero-order valence-electron chi connectivity index (χ0n) is 24.3. The van der Waals surface area contributed by atoms with Crippen LogP contribution >= 0.6 is 0 Å². The van der Waals surface area contributed by atoms with Crippen molar-refractivity contribution in [3.63, 3.8) is 0 Å². The number of rotatable bonds is 9. The average Bonchev–Trinajstić information content (AvgIpc) is 3.10. The Labute approximate surface area is 257 Å². The number of aliphatic imine (C=N–C) groups is 1. The summed E-state index contributed by atoms with van der Waals surface area (Å²) in [6.45, 7) is 5.67. The largest absolute Gasteiger partial charge is 0.457 e. The number of allylic oxidation sites excluding steroid dienone is 3. The molecule has 0 bridgehead atoms. The predicted octanol–water partition coefficient (Wildman–Crippen LogP) is 9.95. The van der Waals surface area contributed by atoms with Crippen LogP contribution in [0.3, 0.4) is 0 Å². The lowest BCUT2D eigenvalue weighted by Gasteiger charge is -2.10. The van der Waals surface area contributed by atoms with Gasteiger partial charge in [0.05, 0.1) is 5.70 Å². The Morgan fingerprint density at radius 1 is 0.545 bits per heavy atom. The molecular formula is C39H30N4O. The predicted molar refractivity (Wildman–Crippen MR) is 180 cm³/mol. The standard InChI is InChI=1S/C39H30N4O/c1-3-4-15-36(40-2)30-18-16-28(17-19-30)29-20-24-34(25-21-29)44-35-26-22-33(23-27-35)39-42-37(31-11-7-5-8-12-31)41-38(43-39)32-13-9-6-10-14-32/h3-27H,2H2,1H3/b4-3-,36-15-. The van der Waals surface area contributed by atoms with E-state index in [4.69, 9.17) is 19.7 Å². The van der Waals surface area contributed by atoms with Crippen LogP contribution < -0.4 is 4.74 Å². The van der Waals surface area contributed by atoms with Crippen LogP contribution in [0.5, 0.6) is 11.5 Å². The van der Waals surface area contributed by atoms with Crippen molar-refractivity contribution in [2.24, 2.45) is 4.99 Å². The average molecular weight is 571 g/mol. The fourth-order valence-electron chi connectivity index (χ4n) is 4.72. The monoisotopic (exact) mass is 570 g/mol. The third-order valence-electron chi connectivity index (χ3n) is 7.03. The molecule has 0 fully saturated rings. The topological polar surface area (TPSA) is 60.3 Å². The Kier molecular flexibility index (Phi) is 8.56. The van der Waals surface area contributed by atoms with E-state index in [0.29, 0.717) is 17.5 Å². The zero-order valence-corrected chi connectivity index (χ0v) is 24.3. The molecule has 0 unspecified atom stereocenters. The zero-order chi connectivity index (χ0) is 30.1. The molecule has 5 aromatic carbocycles. The van der Waals surface area contributed by atoms with Gasteiger partial charge in [-0.05, 0) is 67.2 Å². The van der Waals surface area contributed by atoms with Crippen molar-refractivity contribution in [2.75, 3.05) is 0 Å². The minimum Gasteiger partial charge on any atom is -0.457 e. The molecule has 212 valence electrons. The van der Waals surface area contributed by atoms with Gasteiger partial charge in [0.1, 0.15) is 11.5 Å². The molecule has 0 radical (unpaired) electrons. The van der Waals surface area contributed by atoms with E-state index in [2.05, 4.69) is 48.1 Å². The first-order valence-corrected chi connectivity index (χ1v) is 14.4. The molecular weight excluding hydrogens is 540 g/mol. The van der Waals surface area contributed by atoms with E-state index in [1.807, 2.05) is 122 Å². The summed E-state index contributed by atoms with van der Waals surface area (Å²) in [5, 5.41) is 0. The van der Waals surface area contributed by atoms with E-state index in [0.717, 1.165) is 50.6 Å². The first-order chi connectivity index (χ1) is 21.7. The molecule has 0 saturated carbocycles. The second-order valence-electron chi connectivity index (χ2n) is 10.0. The van der Waals surface area contributed by atoms with Gasteiger partial charge in [-0.1, -0.05) is 109 Å². The summed E-state index contributed by atoms with van der Waals surface area (Å²) in [5.74, 6) is 3.35. The van der Waals surface area contributed by atoms with Crippen molar-refractivity contribution >= 4 is 12.4 Å². The second kappa shape index (κ2) is 13.4. The highest BCUT2D eigenvalue weighted by Crippen LogP contribution is 2.30. The first-order valence-electron chi connectivity index (χ1n) is 14.4. The minimum atomic E-state index is 0.605. The molecule has 5 heteroatoms. The van der Waals surface area contributed by atoms with Crippen molar-refractivity contribution < 1.29 is 4.74 Å². The van der Waals surface area contributed by atoms with Crippen LogP contribution in [0.15, 0.2) is 157 Å². The number of hydrogen-bond acceptors (Lipinski definition) is 5. The molecule has 0 saturated heterocycles. The summed E-state index contributed by atoms with van der Waals surface area (Å²) in [4.78, 5) is 18.5. The Balaban J connectivity index is 1.20. The fourth-order valence-corrected chi connectivity index (χ4v) is 4.72. The second-order valence-corrected chi connectivity index (χ2v) is 10.0. The number of nitrogens with zero attached hydrogens (tertiary/aromatic N) is 4. The fraction of sp³-hybridized carbons (Fsp3) is 0.0256. The summed E-state index contributed by atoms with van der Waals surface area (Å²) in [6.07, 6.45) is 5.88. The Morgan fingerprint density at radius 3 is 1.39 bits per heavy atom. The highest BCUT2D eigenvalue weighted by Gasteiger charge is 2.12. The van der Waals surface area contributed by atoms with E-state index in [9.17, 15) is 0 Å². The molecule has 1 aromatic heterocycles. The van der Waals surface area contributed by atoms with Gasteiger partial charge in [-0.15, -0.1) is 0 Å². The van der Waals surface area contributed by atoms with Crippen molar-refractivity contribution in [3.05, 3.63) is 157 Å². The van der Waals surface area contributed by atoms with Crippen molar-refractivity contribution in [1.29, 1.82) is 0 Å². The normalized spacial score (nSPS) is 11.4. The summed E-state index contributed by atoms with van der Waals surface area (Å²) < 4.78 is 6.16. The third kappa shape index (κ3) is 6.58. The summed E-state index contributed by atoms with van der Waals surface area (Å²) in [6, 6.07) is 44.1. The summed E-state index contributed by atoms with van der Waals surface area (Å²) in [7, 11) is 0. The molecule has 0 aliphatic carbocycles. The van der Waals surface area contributed by atoms with Crippen LogP contribution in [0.2, 0.25) is 0 Å². The molecule has 0 atom stereocenters. The maximum absolute atomic E-state index is 6.16. The van der Waals surface area contributed by atoms with Crippen LogP contribution in [-0.4, -0.2) is 21.7 Å². The molecule has 44 heavy (non-hydrogen) atoms. The van der Waals surface area contributed by atoms with E-state index in [1.165, 1.54) is 0 Å². The summed E-state index contributed by atoms with van der Waals surface area (Å²) >= 11 is 0. The molecule has 6 aromatic rings. The van der Waals surface area contributed by atoms with Crippen LogP contribution in [0, 0.1) is 0 Å². The lowest BCUT2D eigenvalue weighted by Crippen LogP contribution is -2.00. The van der Waals surface area contributed by atoms with E-state index < -0.39 is 0 Å². The molecule has 6 rings (SSSR count). The van der Waals surface area contributed by atoms with E-state index in [-0.39, 0.29) is 0 Å². The molecule has 0 spiro atoms. The van der Waals surface area contributed by atoms with Gasteiger partial charge in [-0.3, -0.25) is 4.99 Å². The van der Waals surface area contributed by atoms with Gasteiger partial charge < -0.3 is 4.74 Å². The molecule has 0 aliphatic rings. The number of hydrogen-bond donors (Lipinski definition) is 0. The lowest BCUT2D eigenvalue weighted by molar-refractivity contribution is 0.483. The third-order valence-corrected chi connectivity index (χ3v) is 7.03. The van der Waals surface area contributed by atoms with Gasteiger partial charge in [0.25, 0.3) is 0 Å². The van der Waals surface area contributed by atoms with Gasteiger partial charge in [-0.2, -0.15) is 0 Å². The Hall–Kier alpha value is -5.94. The summed E-state index contributed by atoms with van der Waals surface area (Å²) in [5.41, 5.74) is 6.83. The Bertz CT molecular complexity index is 1850. The van der Waals surface area contributed by atoms with Crippen LogP contribution in [0.1, 0.15) is 12.5 Å². The maximum atomic E-state index is 6.16. The smallest absolute Gasteiger partial charge is 0.164 e. The Morgan fingerprint density at radius 2 is 0.955 bits per heavy atom.